The minimum absolute atomic E-state index is 0.0187. The van der Waals surface area contributed by atoms with Crippen LogP contribution in [0.5, 0.6) is 0 Å². The maximum atomic E-state index is 11.6. The van der Waals surface area contributed by atoms with E-state index in [-0.39, 0.29) is 12.1 Å². The molecule has 0 saturated carbocycles. The first-order valence-corrected chi connectivity index (χ1v) is 6.57. The van der Waals surface area contributed by atoms with Crippen molar-refractivity contribution in [3.8, 4) is 0 Å². The largest absolute Gasteiger partial charge is 0.444 e. The summed E-state index contributed by atoms with van der Waals surface area (Å²) >= 11 is 1.75. The molecule has 0 aliphatic heterocycles. The predicted octanol–water partition coefficient (Wildman–Crippen LogP) is 3.95. The van der Waals surface area contributed by atoms with Crippen molar-refractivity contribution in [1.29, 1.82) is 0 Å². The SMILES string of the molecule is Cc1cc(C(C)NC(=O)OC(C)(C)C)c(C)s1. The topological polar surface area (TPSA) is 38.3 Å². The molecule has 1 amide bonds. The van der Waals surface area contributed by atoms with Gasteiger partial charge < -0.3 is 10.1 Å². The second kappa shape index (κ2) is 5.08. The molecule has 1 atom stereocenters. The van der Waals surface area contributed by atoms with Gasteiger partial charge in [-0.15, -0.1) is 11.3 Å². The van der Waals surface area contributed by atoms with Gasteiger partial charge in [-0.25, -0.2) is 4.79 Å². The molecule has 1 heterocycles. The third-order valence-electron chi connectivity index (χ3n) is 2.28. The average Bonchev–Trinajstić information content (AvgIpc) is 2.41. The summed E-state index contributed by atoms with van der Waals surface area (Å²) in [6.07, 6.45) is -0.367. The number of ether oxygens (including phenoxy) is 1. The number of hydrogen-bond donors (Lipinski definition) is 1. The summed E-state index contributed by atoms with van der Waals surface area (Å²) in [4.78, 5) is 14.1. The van der Waals surface area contributed by atoms with E-state index in [2.05, 4.69) is 25.2 Å². The smallest absolute Gasteiger partial charge is 0.408 e. The van der Waals surface area contributed by atoms with Crippen molar-refractivity contribution in [2.24, 2.45) is 0 Å². The summed E-state index contributed by atoms with van der Waals surface area (Å²) in [5.74, 6) is 0. The van der Waals surface area contributed by atoms with Crippen molar-refractivity contribution in [2.45, 2.75) is 53.2 Å². The molecule has 3 nitrogen and oxygen atoms in total. The van der Waals surface area contributed by atoms with Crippen molar-refractivity contribution in [3.05, 3.63) is 21.4 Å². The number of carbonyl (C=O) groups is 1. The van der Waals surface area contributed by atoms with E-state index < -0.39 is 5.60 Å². The lowest BCUT2D eigenvalue weighted by Crippen LogP contribution is -2.34. The normalized spacial score (nSPS) is 13.3. The predicted molar refractivity (Wildman–Crippen MR) is 71.6 cm³/mol. The van der Waals surface area contributed by atoms with Crippen molar-refractivity contribution in [2.75, 3.05) is 0 Å². The van der Waals surface area contributed by atoms with Gasteiger partial charge in [-0.3, -0.25) is 0 Å². The molecule has 0 fully saturated rings. The Labute approximate surface area is 107 Å². The molecule has 0 radical (unpaired) electrons. The lowest BCUT2D eigenvalue weighted by Gasteiger charge is -2.22. The number of amides is 1. The van der Waals surface area contributed by atoms with Crippen LogP contribution in [0.3, 0.4) is 0 Å². The Balaban J connectivity index is 2.64. The third-order valence-corrected chi connectivity index (χ3v) is 3.26. The number of alkyl carbamates (subject to hydrolysis) is 1. The van der Waals surface area contributed by atoms with Gasteiger partial charge in [0.1, 0.15) is 5.60 Å². The molecule has 1 N–H and O–H groups in total. The molecule has 1 unspecified atom stereocenters. The summed E-state index contributed by atoms with van der Waals surface area (Å²) in [6.45, 7) is 11.7. The first kappa shape index (κ1) is 14.0. The highest BCUT2D eigenvalue weighted by Gasteiger charge is 2.19. The molecule has 1 aromatic heterocycles. The van der Waals surface area contributed by atoms with Crippen molar-refractivity contribution < 1.29 is 9.53 Å². The van der Waals surface area contributed by atoms with Crippen LogP contribution in [0.1, 0.15) is 49.1 Å². The first-order valence-electron chi connectivity index (χ1n) is 5.75. The van der Waals surface area contributed by atoms with Crippen LogP contribution in [0.15, 0.2) is 6.07 Å². The highest BCUT2D eigenvalue weighted by molar-refractivity contribution is 7.12. The van der Waals surface area contributed by atoms with Crippen LogP contribution >= 0.6 is 11.3 Å². The van der Waals surface area contributed by atoms with Gasteiger partial charge in [-0.2, -0.15) is 0 Å². The van der Waals surface area contributed by atoms with E-state index in [1.807, 2.05) is 27.7 Å². The van der Waals surface area contributed by atoms with Crippen LogP contribution in [0.25, 0.3) is 0 Å². The van der Waals surface area contributed by atoms with Crippen molar-refractivity contribution >= 4 is 17.4 Å². The average molecular weight is 255 g/mol. The fourth-order valence-electron chi connectivity index (χ4n) is 1.64. The quantitative estimate of drug-likeness (QED) is 0.869. The van der Waals surface area contributed by atoms with Crippen LogP contribution in [-0.4, -0.2) is 11.7 Å². The number of carbonyl (C=O) groups excluding carboxylic acids is 1. The van der Waals surface area contributed by atoms with E-state index in [1.165, 1.54) is 15.3 Å². The van der Waals surface area contributed by atoms with Gasteiger partial charge in [0.05, 0.1) is 6.04 Å². The third kappa shape index (κ3) is 4.38. The summed E-state index contributed by atoms with van der Waals surface area (Å²) < 4.78 is 5.23. The lowest BCUT2D eigenvalue weighted by molar-refractivity contribution is 0.0508. The zero-order valence-electron chi connectivity index (χ0n) is 11.4. The molecular formula is C13H21NO2S. The zero-order chi connectivity index (χ0) is 13.2. The second-order valence-corrected chi connectivity index (χ2v) is 6.70. The maximum absolute atomic E-state index is 11.6. The Kier molecular flexibility index (Phi) is 4.20. The van der Waals surface area contributed by atoms with E-state index in [1.54, 1.807) is 11.3 Å². The van der Waals surface area contributed by atoms with E-state index in [0.717, 1.165) is 0 Å². The first-order chi connectivity index (χ1) is 7.69. The Bertz CT molecular complexity index is 404. The Hall–Kier alpha value is -1.03. The minimum Gasteiger partial charge on any atom is -0.444 e. The number of nitrogens with one attached hydrogen (secondary N) is 1. The summed E-state index contributed by atoms with van der Waals surface area (Å²) in [6, 6.07) is 2.09. The Morgan fingerprint density at radius 1 is 1.41 bits per heavy atom. The molecule has 0 saturated heterocycles. The van der Waals surface area contributed by atoms with Gasteiger partial charge >= 0.3 is 6.09 Å². The van der Waals surface area contributed by atoms with E-state index in [0.29, 0.717) is 0 Å². The van der Waals surface area contributed by atoms with Crippen LogP contribution in [-0.2, 0) is 4.74 Å². The molecule has 0 aromatic carbocycles. The molecular weight excluding hydrogens is 234 g/mol. The lowest BCUT2D eigenvalue weighted by atomic mass is 10.1. The summed E-state index contributed by atoms with van der Waals surface area (Å²) in [5, 5.41) is 2.85. The fraction of sp³-hybridized carbons (Fsp3) is 0.615. The van der Waals surface area contributed by atoms with E-state index in [9.17, 15) is 4.79 Å². The number of aryl methyl sites for hydroxylation is 2. The van der Waals surface area contributed by atoms with Crippen LogP contribution in [0, 0.1) is 13.8 Å². The second-order valence-electron chi connectivity index (χ2n) is 5.24. The van der Waals surface area contributed by atoms with Gasteiger partial charge in [-0.1, -0.05) is 0 Å². The maximum Gasteiger partial charge on any atom is 0.408 e. The monoisotopic (exact) mass is 255 g/mol. The molecule has 0 bridgehead atoms. The highest BCUT2D eigenvalue weighted by atomic mass is 32.1. The van der Waals surface area contributed by atoms with Crippen LogP contribution in [0.2, 0.25) is 0 Å². The molecule has 17 heavy (non-hydrogen) atoms. The fourth-order valence-corrected chi connectivity index (χ4v) is 2.66. The molecule has 4 heteroatoms. The molecule has 1 rings (SSSR count). The summed E-state index contributed by atoms with van der Waals surface area (Å²) in [7, 11) is 0. The van der Waals surface area contributed by atoms with Gasteiger partial charge in [0, 0.05) is 9.75 Å². The number of rotatable bonds is 2. The van der Waals surface area contributed by atoms with E-state index >= 15 is 0 Å². The number of thiophene rings is 1. The summed E-state index contributed by atoms with van der Waals surface area (Å²) in [5.41, 5.74) is 0.710. The minimum atomic E-state index is -0.455. The molecule has 0 aliphatic carbocycles. The Morgan fingerprint density at radius 2 is 2.00 bits per heavy atom. The molecule has 1 aromatic rings. The van der Waals surface area contributed by atoms with Crippen LogP contribution < -0.4 is 5.32 Å². The molecule has 0 spiro atoms. The van der Waals surface area contributed by atoms with Crippen molar-refractivity contribution in [3.63, 3.8) is 0 Å². The standard InChI is InChI=1S/C13H21NO2S/c1-8-7-11(10(3)17-8)9(2)14-12(15)16-13(4,5)6/h7,9H,1-6H3,(H,14,15). The van der Waals surface area contributed by atoms with Gasteiger partial charge in [-0.05, 0) is 53.2 Å². The Morgan fingerprint density at radius 3 is 2.41 bits per heavy atom. The van der Waals surface area contributed by atoms with Gasteiger partial charge in [0.2, 0.25) is 0 Å². The molecule has 96 valence electrons. The number of hydrogen-bond acceptors (Lipinski definition) is 3. The van der Waals surface area contributed by atoms with E-state index in [4.69, 9.17) is 4.74 Å². The van der Waals surface area contributed by atoms with Gasteiger partial charge in [0.15, 0.2) is 0 Å². The van der Waals surface area contributed by atoms with Crippen LogP contribution in [0.4, 0.5) is 4.79 Å². The van der Waals surface area contributed by atoms with Crippen molar-refractivity contribution in [1.82, 2.24) is 5.32 Å². The zero-order valence-corrected chi connectivity index (χ0v) is 12.2. The van der Waals surface area contributed by atoms with Gasteiger partial charge in [0.25, 0.3) is 0 Å². The molecule has 0 aliphatic rings. The highest BCUT2D eigenvalue weighted by Crippen LogP contribution is 2.26.